The van der Waals surface area contributed by atoms with Crippen molar-refractivity contribution in [1.82, 2.24) is 9.55 Å². The second kappa shape index (κ2) is 9.07. The normalized spacial score (nSPS) is 17.4. The fourth-order valence-corrected chi connectivity index (χ4v) is 6.44. The average molecular weight is 536 g/mol. The van der Waals surface area contributed by atoms with Crippen LogP contribution in [-0.4, -0.2) is 21.5 Å². The van der Waals surface area contributed by atoms with E-state index in [1.54, 1.807) is 0 Å². The molecule has 8 rings (SSSR count). The van der Waals surface area contributed by atoms with Gasteiger partial charge in [-0.3, -0.25) is 4.57 Å². The molecule has 2 aliphatic rings. The van der Waals surface area contributed by atoms with E-state index in [0.29, 0.717) is 5.90 Å². The van der Waals surface area contributed by atoms with Crippen LogP contribution in [0.3, 0.4) is 0 Å². The lowest BCUT2D eigenvalue weighted by Gasteiger charge is -2.14. The molecule has 0 saturated carbocycles. The Hall–Kier alpha value is -4.90. The number of aryl methyl sites for hydroxylation is 3. The summed E-state index contributed by atoms with van der Waals surface area (Å²) in [7, 11) is 0. The summed E-state index contributed by atoms with van der Waals surface area (Å²) in [6.45, 7) is 6.30. The summed E-state index contributed by atoms with van der Waals surface area (Å²) in [6.07, 6.45) is 2.77. The Balaban J connectivity index is 1.15. The highest BCUT2D eigenvalue weighted by atomic mass is 16.5. The first-order chi connectivity index (χ1) is 20.0. The molecule has 2 aromatic heterocycles. The third-order valence-corrected chi connectivity index (χ3v) is 8.17. The van der Waals surface area contributed by atoms with E-state index in [9.17, 15) is 0 Å². The van der Waals surface area contributed by atoms with Crippen LogP contribution in [0, 0.1) is 20.8 Å². The van der Waals surface area contributed by atoms with Crippen LogP contribution in [0.2, 0.25) is 0 Å². The third-order valence-electron chi connectivity index (χ3n) is 8.17. The zero-order valence-electron chi connectivity index (χ0n) is 23.3. The van der Waals surface area contributed by atoms with Gasteiger partial charge in [0.1, 0.15) is 23.3 Å². The van der Waals surface area contributed by atoms with Gasteiger partial charge in [0.2, 0.25) is 5.90 Å². The Morgan fingerprint density at radius 3 is 2.51 bits per heavy atom. The minimum Gasteiger partial charge on any atom is -0.467 e. The fraction of sp³-hybridized carbons (Fsp3) is 0.167. The van der Waals surface area contributed by atoms with Crippen molar-refractivity contribution in [2.75, 3.05) is 0 Å². The molecule has 2 atom stereocenters. The molecule has 0 amide bonds. The predicted molar refractivity (Wildman–Crippen MR) is 164 cm³/mol. The Morgan fingerprint density at radius 2 is 1.61 bits per heavy atom. The fourth-order valence-electron chi connectivity index (χ4n) is 6.44. The number of aromatic nitrogens is 2. The molecule has 0 saturated heterocycles. The zero-order valence-corrected chi connectivity index (χ0v) is 23.3. The molecule has 1 aliphatic heterocycles. The van der Waals surface area contributed by atoms with Crippen LogP contribution in [0.25, 0.3) is 27.6 Å². The van der Waals surface area contributed by atoms with Crippen molar-refractivity contribution in [1.29, 1.82) is 0 Å². The van der Waals surface area contributed by atoms with E-state index in [4.69, 9.17) is 19.5 Å². The average Bonchev–Trinajstić information content (AvgIpc) is 3.62. The Labute approximate surface area is 238 Å². The number of aliphatic imine (C=N–C) groups is 1. The van der Waals surface area contributed by atoms with E-state index in [1.807, 2.05) is 18.3 Å². The number of rotatable bonds is 4. The lowest BCUT2D eigenvalue weighted by Crippen LogP contribution is -2.08. The molecule has 4 aromatic carbocycles. The van der Waals surface area contributed by atoms with Gasteiger partial charge in [-0.05, 0) is 104 Å². The molecule has 0 bridgehead atoms. The van der Waals surface area contributed by atoms with Gasteiger partial charge in [-0.2, -0.15) is 0 Å². The second-order valence-corrected chi connectivity index (χ2v) is 11.3. The van der Waals surface area contributed by atoms with Crippen LogP contribution in [-0.2, 0) is 11.2 Å². The maximum atomic E-state index is 6.53. The zero-order chi connectivity index (χ0) is 27.7. The molecule has 0 spiro atoms. The van der Waals surface area contributed by atoms with Gasteiger partial charge >= 0.3 is 0 Å². The lowest BCUT2D eigenvalue weighted by atomic mass is 10.1. The minimum atomic E-state index is -0.00553. The molecule has 6 aromatic rings. The molecule has 0 unspecified atom stereocenters. The Kier molecular flexibility index (Phi) is 5.29. The molecule has 0 fully saturated rings. The van der Waals surface area contributed by atoms with Crippen molar-refractivity contribution in [2.24, 2.45) is 4.99 Å². The Bertz CT molecular complexity index is 2040. The number of ether oxygens (including phenoxy) is 2. The summed E-state index contributed by atoms with van der Waals surface area (Å²) < 4.78 is 15.2. The van der Waals surface area contributed by atoms with Crippen LogP contribution in [0.1, 0.15) is 39.5 Å². The van der Waals surface area contributed by atoms with Gasteiger partial charge in [0.05, 0.1) is 17.2 Å². The van der Waals surface area contributed by atoms with Gasteiger partial charge in [-0.15, -0.1) is 0 Å². The van der Waals surface area contributed by atoms with E-state index in [1.165, 1.54) is 22.1 Å². The van der Waals surface area contributed by atoms with Gasteiger partial charge in [0.25, 0.3) is 0 Å². The van der Waals surface area contributed by atoms with Crippen LogP contribution in [0.4, 0.5) is 0 Å². The summed E-state index contributed by atoms with van der Waals surface area (Å²) in [5, 5.41) is 2.34. The highest BCUT2D eigenvalue weighted by Crippen LogP contribution is 2.41. The maximum absolute atomic E-state index is 6.53. The van der Waals surface area contributed by atoms with E-state index in [0.717, 1.165) is 56.8 Å². The number of hydrogen-bond acceptors (Lipinski definition) is 4. The number of hydrogen-bond donors (Lipinski definition) is 0. The van der Waals surface area contributed by atoms with Gasteiger partial charge in [-0.1, -0.05) is 35.9 Å². The van der Waals surface area contributed by atoms with Crippen molar-refractivity contribution in [2.45, 2.75) is 39.3 Å². The van der Waals surface area contributed by atoms with Crippen molar-refractivity contribution >= 4 is 27.8 Å². The first-order valence-corrected chi connectivity index (χ1v) is 14.1. The molecule has 1 aliphatic carbocycles. The molecule has 200 valence electrons. The molecule has 3 heterocycles. The van der Waals surface area contributed by atoms with Crippen LogP contribution in [0.15, 0.2) is 102 Å². The van der Waals surface area contributed by atoms with Crippen LogP contribution >= 0.6 is 0 Å². The van der Waals surface area contributed by atoms with Gasteiger partial charge in [0.15, 0.2) is 0 Å². The van der Waals surface area contributed by atoms with Crippen molar-refractivity contribution in [3.8, 4) is 17.2 Å². The number of fused-ring (bicyclic) bond motifs is 6. The molecule has 0 radical (unpaired) electrons. The molecule has 41 heavy (non-hydrogen) atoms. The molecule has 5 heteroatoms. The summed E-state index contributed by atoms with van der Waals surface area (Å²) in [4.78, 5) is 9.75. The standard InChI is InChI=1S/C36H29N3O2/c1-21-10-11-33-31(17-21)30-9-6-12-37-35(30)39(33)26-14-23(3)16-28(20-26)40-27-15-22(2)13-25(18-27)36-38-32-19-24-7-4-5-8-29(24)34(32)41-36/h4-18,20,32,34H,19H2,1-3H3/t32-,34+/m1/s1. The Morgan fingerprint density at radius 1 is 0.780 bits per heavy atom. The van der Waals surface area contributed by atoms with E-state index in [-0.39, 0.29) is 12.1 Å². The van der Waals surface area contributed by atoms with Gasteiger partial charge < -0.3 is 9.47 Å². The summed E-state index contributed by atoms with van der Waals surface area (Å²) in [5.41, 5.74) is 10.0. The number of nitrogens with zero attached hydrogens (tertiary/aromatic N) is 3. The van der Waals surface area contributed by atoms with Crippen molar-refractivity contribution < 1.29 is 9.47 Å². The molecular formula is C36H29N3O2. The summed E-state index contributed by atoms with van der Waals surface area (Å²) in [5.74, 6) is 2.23. The molecule has 0 N–H and O–H groups in total. The molecule has 5 nitrogen and oxygen atoms in total. The number of pyridine rings is 1. The van der Waals surface area contributed by atoms with Crippen LogP contribution in [0.5, 0.6) is 11.5 Å². The summed E-state index contributed by atoms with van der Waals surface area (Å²) >= 11 is 0. The lowest BCUT2D eigenvalue weighted by molar-refractivity contribution is 0.209. The van der Waals surface area contributed by atoms with E-state index >= 15 is 0 Å². The topological polar surface area (TPSA) is 48.6 Å². The highest BCUT2D eigenvalue weighted by Gasteiger charge is 2.39. The summed E-state index contributed by atoms with van der Waals surface area (Å²) in [6, 6.07) is 31.9. The minimum absolute atomic E-state index is 0.00553. The van der Waals surface area contributed by atoms with Crippen molar-refractivity contribution in [3.05, 3.63) is 131 Å². The van der Waals surface area contributed by atoms with E-state index in [2.05, 4.69) is 104 Å². The van der Waals surface area contributed by atoms with Crippen molar-refractivity contribution in [3.63, 3.8) is 0 Å². The second-order valence-electron chi connectivity index (χ2n) is 11.3. The first kappa shape index (κ1) is 23.9. The third kappa shape index (κ3) is 4.00. The predicted octanol–water partition coefficient (Wildman–Crippen LogP) is 8.34. The smallest absolute Gasteiger partial charge is 0.217 e. The molecular weight excluding hydrogens is 506 g/mol. The monoisotopic (exact) mass is 535 g/mol. The SMILES string of the molecule is Cc1cc(Oc2cc(C)cc(-n3c4ccc(C)cc4c4cccnc43)c2)cc(C2=N[C@@H]3Cc4ccccc4[C@@H]3O2)c1. The van der Waals surface area contributed by atoms with E-state index < -0.39 is 0 Å². The first-order valence-electron chi connectivity index (χ1n) is 14.1. The van der Waals surface area contributed by atoms with Crippen LogP contribution < -0.4 is 4.74 Å². The highest BCUT2D eigenvalue weighted by molar-refractivity contribution is 6.08. The maximum Gasteiger partial charge on any atom is 0.217 e. The van der Waals surface area contributed by atoms with Gasteiger partial charge in [-0.25, -0.2) is 9.98 Å². The largest absolute Gasteiger partial charge is 0.467 e. The quantitative estimate of drug-likeness (QED) is 0.228. The van der Waals surface area contributed by atoms with Gasteiger partial charge in [0, 0.05) is 28.6 Å². The number of benzene rings is 4.